The smallest absolute Gasteiger partial charge is 0.266 e. The second-order valence-electron chi connectivity index (χ2n) is 6.57. The predicted octanol–water partition coefficient (Wildman–Crippen LogP) is 0.0368. The Labute approximate surface area is 156 Å². The quantitative estimate of drug-likeness (QED) is 0.609. The van der Waals surface area contributed by atoms with E-state index in [0.29, 0.717) is 12.4 Å². The van der Waals surface area contributed by atoms with Gasteiger partial charge in [-0.2, -0.15) is 5.10 Å². The Bertz CT molecular complexity index is 901. The number of hydrogen-bond donors (Lipinski definition) is 0. The Kier molecular flexibility index (Phi) is 5.31. The van der Waals surface area contributed by atoms with E-state index in [0.717, 1.165) is 44.8 Å². The van der Waals surface area contributed by atoms with E-state index >= 15 is 0 Å². The summed E-state index contributed by atoms with van der Waals surface area (Å²) in [5.74, 6) is 0.648. The van der Waals surface area contributed by atoms with Crippen molar-refractivity contribution in [1.82, 2.24) is 39.3 Å². The average molecular weight is 366 g/mol. The van der Waals surface area contributed by atoms with E-state index in [9.17, 15) is 4.79 Å². The van der Waals surface area contributed by atoms with Crippen LogP contribution in [0.2, 0.25) is 0 Å². The lowest BCUT2D eigenvalue weighted by Crippen LogP contribution is -2.47. The first-order chi connectivity index (χ1) is 13.3. The summed E-state index contributed by atoms with van der Waals surface area (Å²) in [6, 6.07) is 5.07. The van der Waals surface area contributed by atoms with Gasteiger partial charge in [0, 0.05) is 75.7 Å². The van der Waals surface area contributed by atoms with Crippen LogP contribution in [0.15, 0.2) is 54.1 Å². The lowest BCUT2D eigenvalue weighted by molar-refractivity contribution is 0.122. The molecule has 9 nitrogen and oxygen atoms in total. The van der Waals surface area contributed by atoms with Crippen LogP contribution in [-0.4, -0.2) is 72.1 Å². The third-order valence-electron chi connectivity index (χ3n) is 4.70. The van der Waals surface area contributed by atoms with Crippen molar-refractivity contribution in [2.75, 3.05) is 32.7 Å². The molecule has 9 heteroatoms. The Morgan fingerprint density at radius 1 is 0.963 bits per heavy atom. The van der Waals surface area contributed by atoms with Gasteiger partial charge in [0.1, 0.15) is 6.33 Å². The zero-order valence-electron chi connectivity index (χ0n) is 15.1. The summed E-state index contributed by atoms with van der Waals surface area (Å²) in [6.07, 6.45) is 8.79. The lowest BCUT2D eigenvalue weighted by Gasteiger charge is -2.34. The van der Waals surface area contributed by atoms with Crippen LogP contribution in [-0.2, 0) is 13.1 Å². The zero-order chi connectivity index (χ0) is 18.5. The third kappa shape index (κ3) is 4.44. The van der Waals surface area contributed by atoms with Crippen molar-refractivity contribution < 1.29 is 0 Å². The van der Waals surface area contributed by atoms with Crippen LogP contribution < -0.4 is 5.56 Å². The number of piperazine rings is 1. The second kappa shape index (κ2) is 8.19. The topological polar surface area (TPSA) is 85.0 Å². The summed E-state index contributed by atoms with van der Waals surface area (Å²) in [4.78, 5) is 25.0. The van der Waals surface area contributed by atoms with Gasteiger partial charge in [0.15, 0.2) is 5.82 Å². The highest BCUT2D eigenvalue weighted by Crippen LogP contribution is 2.07. The van der Waals surface area contributed by atoms with Crippen LogP contribution >= 0.6 is 0 Å². The highest BCUT2D eigenvalue weighted by Gasteiger charge is 2.17. The van der Waals surface area contributed by atoms with E-state index in [1.54, 1.807) is 29.3 Å². The molecule has 0 N–H and O–H groups in total. The fourth-order valence-corrected chi connectivity index (χ4v) is 3.20. The Morgan fingerprint density at radius 3 is 2.48 bits per heavy atom. The molecule has 3 aromatic heterocycles. The summed E-state index contributed by atoms with van der Waals surface area (Å²) >= 11 is 0. The van der Waals surface area contributed by atoms with Gasteiger partial charge in [-0.05, 0) is 12.1 Å². The van der Waals surface area contributed by atoms with Gasteiger partial charge < -0.3 is 0 Å². The SMILES string of the molecule is O=c1ccc(-n2cccn2)nn1CCN1CCN(Cc2cncnc2)CC1. The van der Waals surface area contributed by atoms with Crippen LogP contribution in [0.1, 0.15) is 5.56 Å². The van der Waals surface area contributed by atoms with Gasteiger partial charge in [0.25, 0.3) is 5.56 Å². The van der Waals surface area contributed by atoms with E-state index in [2.05, 4.69) is 30.0 Å². The molecular weight excluding hydrogens is 344 g/mol. The summed E-state index contributed by atoms with van der Waals surface area (Å²) in [5, 5.41) is 8.59. The van der Waals surface area contributed by atoms with E-state index in [1.165, 1.54) is 4.68 Å². The van der Waals surface area contributed by atoms with Crippen LogP contribution in [0.25, 0.3) is 5.82 Å². The van der Waals surface area contributed by atoms with E-state index in [-0.39, 0.29) is 5.56 Å². The predicted molar refractivity (Wildman–Crippen MR) is 99.4 cm³/mol. The molecule has 4 rings (SSSR count). The molecule has 0 amide bonds. The van der Waals surface area contributed by atoms with E-state index < -0.39 is 0 Å². The van der Waals surface area contributed by atoms with Crippen molar-refractivity contribution in [3.8, 4) is 5.82 Å². The summed E-state index contributed by atoms with van der Waals surface area (Å²) in [6.45, 7) is 6.18. The molecule has 0 atom stereocenters. The summed E-state index contributed by atoms with van der Waals surface area (Å²) in [7, 11) is 0. The first-order valence-electron chi connectivity index (χ1n) is 9.05. The molecule has 1 aliphatic rings. The largest absolute Gasteiger partial charge is 0.299 e. The van der Waals surface area contributed by atoms with E-state index in [4.69, 9.17) is 0 Å². The maximum Gasteiger partial charge on any atom is 0.266 e. The van der Waals surface area contributed by atoms with Gasteiger partial charge in [0.05, 0.1) is 6.54 Å². The van der Waals surface area contributed by atoms with Crippen molar-refractivity contribution in [2.45, 2.75) is 13.1 Å². The fraction of sp³-hybridized carbons (Fsp3) is 0.389. The standard InChI is InChI=1S/C18H22N8O/c27-18-3-2-17(25-5-1-4-21-25)22-26(18)11-10-23-6-8-24(9-7-23)14-16-12-19-15-20-13-16/h1-5,12-13,15H,6-11,14H2. The molecule has 0 bridgehead atoms. The van der Waals surface area contributed by atoms with Gasteiger partial charge in [-0.3, -0.25) is 14.6 Å². The van der Waals surface area contributed by atoms with Crippen molar-refractivity contribution in [3.05, 3.63) is 65.2 Å². The van der Waals surface area contributed by atoms with Crippen molar-refractivity contribution in [2.24, 2.45) is 0 Å². The zero-order valence-corrected chi connectivity index (χ0v) is 15.1. The second-order valence-corrected chi connectivity index (χ2v) is 6.57. The van der Waals surface area contributed by atoms with Crippen molar-refractivity contribution in [1.29, 1.82) is 0 Å². The molecule has 0 aromatic carbocycles. The van der Waals surface area contributed by atoms with Gasteiger partial charge in [-0.1, -0.05) is 0 Å². The van der Waals surface area contributed by atoms with Crippen molar-refractivity contribution >= 4 is 0 Å². The molecule has 0 radical (unpaired) electrons. The number of nitrogens with zero attached hydrogens (tertiary/aromatic N) is 8. The van der Waals surface area contributed by atoms with Crippen molar-refractivity contribution in [3.63, 3.8) is 0 Å². The average Bonchev–Trinajstić information content (AvgIpc) is 3.24. The fourth-order valence-electron chi connectivity index (χ4n) is 3.20. The Hall–Kier alpha value is -2.91. The van der Waals surface area contributed by atoms with Crippen LogP contribution in [0.4, 0.5) is 0 Å². The maximum absolute atomic E-state index is 12.1. The first kappa shape index (κ1) is 17.5. The molecule has 27 heavy (non-hydrogen) atoms. The van der Waals surface area contributed by atoms with E-state index in [1.807, 2.05) is 24.7 Å². The molecular formula is C18H22N8O. The van der Waals surface area contributed by atoms with Crippen LogP contribution in [0.3, 0.4) is 0 Å². The minimum Gasteiger partial charge on any atom is -0.299 e. The van der Waals surface area contributed by atoms with Gasteiger partial charge in [0.2, 0.25) is 0 Å². The Morgan fingerprint density at radius 2 is 1.74 bits per heavy atom. The number of rotatable bonds is 6. The molecule has 140 valence electrons. The summed E-state index contributed by atoms with van der Waals surface area (Å²) < 4.78 is 3.17. The first-order valence-corrected chi connectivity index (χ1v) is 9.05. The van der Waals surface area contributed by atoms with Crippen LogP contribution in [0.5, 0.6) is 0 Å². The lowest BCUT2D eigenvalue weighted by atomic mass is 10.2. The molecule has 1 aliphatic heterocycles. The monoisotopic (exact) mass is 366 g/mol. The molecule has 1 fully saturated rings. The van der Waals surface area contributed by atoms with Gasteiger partial charge in [-0.15, -0.1) is 5.10 Å². The highest BCUT2D eigenvalue weighted by atomic mass is 16.1. The normalized spacial score (nSPS) is 15.9. The molecule has 0 aliphatic carbocycles. The van der Waals surface area contributed by atoms with Gasteiger partial charge >= 0.3 is 0 Å². The molecule has 0 spiro atoms. The highest BCUT2D eigenvalue weighted by molar-refractivity contribution is 5.17. The number of aromatic nitrogens is 6. The minimum atomic E-state index is -0.0892. The molecule has 0 unspecified atom stereocenters. The molecule has 1 saturated heterocycles. The van der Waals surface area contributed by atoms with Crippen LogP contribution in [0, 0.1) is 0 Å². The summed E-state index contributed by atoms with van der Waals surface area (Å²) in [5.41, 5.74) is 1.05. The molecule has 3 aromatic rings. The maximum atomic E-state index is 12.1. The van der Waals surface area contributed by atoms with Gasteiger partial charge in [-0.25, -0.2) is 19.3 Å². The third-order valence-corrected chi connectivity index (χ3v) is 4.70. The number of hydrogen-bond acceptors (Lipinski definition) is 7. The molecule has 4 heterocycles. The molecule has 0 saturated carbocycles. The Balaban J connectivity index is 1.30. The minimum absolute atomic E-state index is 0.0892.